The number of hydrogen-bond donors (Lipinski definition) is 3. The first-order valence-electron chi connectivity index (χ1n) is 16.6. The first kappa shape index (κ1) is 37.3. The van der Waals surface area contributed by atoms with Gasteiger partial charge in [0, 0.05) is 48.4 Å². The smallest absolute Gasteiger partial charge is 0.412 e. The van der Waals surface area contributed by atoms with E-state index in [-0.39, 0.29) is 41.0 Å². The van der Waals surface area contributed by atoms with Crippen LogP contribution in [0.25, 0.3) is 10.6 Å². The number of Topliss-reactive ketones (excluding diaryl/α,β-unsaturated/α-hetero) is 1. The third-order valence-corrected chi connectivity index (χ3v) is 9.46. The van der Waals surface area contributed by atoms with Crippen LogP contribution in [0, 0.1) is 23.5 Å². The van der Waals surface area contributed by atoms with E-state index in [0.717, 1.165) is 29.0 Å². The fraction of sp³-hybridized carbons (Fsp3) is 0.528. The second kappa shape index (κ2) is 14.3. The highest BCUT2D eigenvalue weighted by molar-refractivity contribution is 7.19. The molecule has 2 aromatic heterocycles. The number of aliphatic hydroxyl groups excluding tert-OH is 2. The average Bonchev–Trinajstić information content (AvgIpc) is 3.56. The highest BCUT2D eigenvalue weighted by Crippen LogP contribution is 2.42. The van der Waals surface area contributed by atoms with Crippen LogP contribution in [-0.4, -0.2) is 68.4 Å². The number of ketones is 1. The van der Waals surface area contributed by atoms with E-state index < -0.39 is 64.4 Å². The Bertz CT molecular complexity index is 1760. The van der Waals surface area contributed by atoms with Crippen molar-refractivity contribution in [2.75, 3.05) is 23.3 Å². The third-order valence-electron chi connectivity index (χ3n) is 8.47. The maximum Gasteiger partial charge on any atom is 0.412 e. The maximum absolute atomic E-state index is 14.8. The van der Waals surface area contributed by atoms with Gasteiger partial charge < -0.3 is 24.6 Å². The van der Waals surface area contributed by atoms with E-state index in [1.54, 1.807) is 41.5 Å². The number of amides is 1. The Morgan fingerprint density at radius 3 is 2.34 bits per heavy atom. The molecular formula is C36H44F2N4O7S. The fourth-order valence-electron chi connectivity index (χ4n) is 6.48. The van der Waals surface area contributed by atoms with Crippen molar-refractivity contribution in [3.8, 4) is 10.6 Å². The molecular weight excluding hydrogens is 670 g/mol. The summed E-state index contributed by atoms with van der Waals surface area (Å²) in [4.78, 5) is 50.6. The molecule has 1 amide bonds. The number of esters is 1. The van der Waals surface area contributed by atoms with Crippen LogP contribution < -0.4 is 10.2 Å². The first-order valence-corrected chi connectivity index (χ1v) is 17.4. The first-order chi connectivity index (χ1) is 23.3. The van der Waals surface area contributed by atoms with E-state index in [4.69, 9.17) is 9.47 Å². The van der Waals surface area contributed by atoms with Gasteiger partial charge in [-0.15, -0.1) is 0 Å². The molecule has 3 aromatic rings. The molecule has 5 rings (SSSR count). The predicted octanol–water partition coefficient (Wildman–Crippen LogP) is 6.40. The molecule has 1 saturated heterocycles. The molecule has 1 aliphatic heterocycles. The summed E-state index contributed by atoms with van der Waals surface area (Å²) in [5.74, 6) is -3.49. The number of rotatable bonds is 8. The van der Waals surface area contributed by atoms with Gasteiger partial charge in [0.15, 0.2) is 5.78 Å². The summed E-state index contributed by atoms with van der Waals surface area (Å²) in [6, 6.07) is 3.36. The number of carbonyl (C=O) groups is 3. The zero-order valence-corrected chi connectivity index (χ0v) is 30.1. The molecule has 0 spiro atoms. The summed E-state index contributed by atoms with van der Waals surface area (Å²) in [6.45, 7) is 12.9. The number of anilines is 2. The molecule has 0 saturated carbocycles. The monoisotopic (exact) mass is 714 g/mol. The van der Waals surface area contributed by atoms with Crippen molar-refractivity contribution in [1.82, 2.24) is 9.97 Å². The van der Waals surface area contributed by atoms with Crippen molar-refractivity contribution in [3.63, 3.8) is 0 Å². The van der Waals surface area contributed by atoms with Crippen LogP contribution in [0.2, 0.25) is 0 Å². The lowest BCUT2D eigenvalue weighted by molar-refractivity contribution is -0.157. The molecule has 1 fully saturated rings. The minimum absolute atomic E-state index is 0.0165. The lowest BCUT2D eigenvalue weighted by Crippen LogP contribution is -2.50. The van der Waals surface area contributed by atoms with Crippen LogP contribution in [0.3, 0.4) is 0 Å². The van der Waals surface area contributed by atoms with Crippen molar-refractivity contribution in [3.05, 3.63) is 58.5 Å². The number of fused-ring (bicyclic) bond motifs is 1. The number of hydrogen-bond acceptors (Lipinski definition) is 11. The maximum atomic E-state index is 14.8. The van der Waals surface area contributed by atoms with Gasteiger partial charge in [0.2, 0.25) is 0 Å². The van der Waals surface area contributed by atoms with Crippen molar-refractivity contribution in [2.24, 2.45) is 11.8 Å². The van der Waals surface area contributed by atoms with E-state index in [9.17, 15) is 33.4 Å². The van der Waals surface area contributed by atoms with E-state index in [1.807, 2.05) is 11.8 Å². The minimum Gasteiger partial charge on any atom is -0.460 e. The highest BCUT2D eigenvalue weighted by atomic mass is 32.1. The van der Waals surface area contributed by atoms with Crippen molar-refractivity contribution >= 4 is 39.9 Å². The number of aliphatic hydroxyl groups is 2. The highest BCUT2D eigenvalue weighted by Gasteiger charge is 2.39. The van der Waals surface area contributed by atoms with Crippen LogP contribution in [0.1, 0.15) is 94.7 Å². The Labute approximate surface area is 294 Å². The Balaban J connectivity index is 1.52. The molecule has 11 nitrogen and oxygen atoms in total. The van der Waals surface area contributed by atoms with Gasteiger partial charge in [0.25, 0.3) is 0 Å². The number of benzene rings is 1. The van der Waals surface area contributed by atoms with Gasteiger partial charge in [-0.25, -0.2) is 18.6 Å². The van der Waals surface area contributed by atoms with Gasteiger partial charge in [-0.05, 0) is 72.4 Å². The normalized spacial score (nSPS) is 20.7. The molecule has 3 N–H and O–H groups in total. The summed E-state index contributed by atoms with van der Waals surface area (Å²) < 4.78 is 40.6. The second-order valence-corrected chi connectivity index (χ2v) is 16.0. The van der Waals surface area contributed by atoms with Crippen molar-refractivity contribution in [1.29, 1.82) is 0 Å². The number of aromatic nitrogens is 2. The molecule has 0 bridgehead atoms. The van der Waals surface area contributed by atoms with Crippen LogP contribution in [-0.2, 0) is 27.1 Å². The Morgan fingerprint density at radius 1 is 1.04 bits per heavy atom. The van der Waals surface area contributed by atoms with Crippen molar-refractivity contribution in [2.45, 2.75) is 97.6 Å². The molecule has 3 heterocycles. The number of ether oxygens (including phenoxy) is 2. The molecule has 50 heavy (non-hydrogen) atoms. The Morgan fingerprint density at radius 2 is 1.70 bits per heavy atom. The lowest BCUT2D eigenvalue weighted by Gasteiger charge is -2.42. The van der Waals surface area contributed by atoms with Gasteiger partial charge in [0.1, 0.15) is 38.5 Å². The summed E-state index contributed by atoms with van der Waals surface area (Å²) in [6.07, 6.45) is -0.277. The number of carbonyl (C=O) groups excluding carboxylic acids is 3. The molecule has 14 heteroatoms. The zero-order chi connectivity index (χ0) is 36.7. The zero-order valence-electron chi connectivity index (χ0n) is 29.3. The average molecular weight is 715 g/mol. The number of halogens is 2. The van der Waals surface area contributed by atoms with Crippen LogP contribution >= 0.6 is 11.3 Å². The summed E-state index contributed by atoms with van der Waals surface area (Å²) in [5.41, 5.74) is 0.226. The predicted molar refractivity (Wildman–Crippen MR) is 184 cm³/mol. The number of thiazole rings is 1. The van der Waals surface area contributed by atoms with Gasteiger partial charge in [0.05, 0.1) is 29.9 Å². The van der Waals surface area contributed by atoms with Gasteiger partial charge in [-0.2, -0.15) is 0 Å². The quantitative estimate of drug-likeness (QED) is 0.177. The van der Waals surface area contributed by atoms with E-state index in [2.05, 4.69) is 15.3 Å². The number of piperidine rings is 1. The SMILES string of the molecule is C[C@H]1CN(c2c(CC(=O)c3nc(-c4c(F)cccc4F)sc3NC(=O)OC(C)(C)C)cnc3c2CCC3O)C[C@@H](CC(=O)OC(C)(C)C)[C@@H]1O. The van der Waals surface area contributed by atoms with Gasteiger partial charge >= 0.3 is 12.1 Å². The molecule has 1 aliphatic carbocycles. The van der Waals surface area contributed by atoms with E-state index in [1.165, 1.54) is 12.3 Å². The third kappa shape index (κ3) is 8.47. The van der Waals surface area contributed by atoms with Crippen molar-refractivity contribution < 1.29 is 42.9 Å². The molecule has 0 radical (unpaired) electrons. The molecule has 1 aromatic carbocycles. The standard InChI is InChI=1S/C36H44F2N4O7S/c1-18-16-42(17-20(31(18)46)14-26(45)48-35(2,3)4)30-19(15-39-28-21(30)11-12-24(28)43)13-25(44)29-33(41-34(47)49-36(5,6)7)50-32(40-29)27-22(37)9-8-10-23(27)38/h8-10,15,18,20,24,31,43,46H,11-14,16-17H2,1-7H3,(H,41,47)/t18-,20+,24?,31+/m0/s1. The second-order valence-electron chi connectivity index (χ2n) is 15.0. The largest absolute Gasteiger partial charge is 0.460 e. The van der Waals surface area contributed by atoms with E-state index in [0.29, 0.717) is 36.3 Å². The number of nitrogens with zero attached hydrogens (tertiary/aromatic N) is 3. The Kier molecular flexibility index (Phi) is 10.7. The molecule has 2 aliphatic rings. The summed E-state index contributed by atoms with van der Waals surface area (Å²) in [7, 11) is 0. The van der Waals surface area contributed by atoms with Gasteiger partial charge in [-0.3, -0.25) is 19.9 Å². The Hall–Kier alpha value is -4.01. The molecule has 1 unspecified atom stereocenters. The number of pyridine rings is 1. The van der Waals surface area contributed by atoms with Crippen LogP contribution in [0.4, 0.5) is 24.3 Å². The molecule has 4 atom stereocenters. The lowest BCUT2D eigenvalue weighted by atomic mass is 9.84. The topological polar surface area (TPSA) is 151 Å². The fourth-order valence-corrected chi connectivity index (χ4v) is 7.50. The van der Waals surface area contributed by atoms with Crippen LogP contribution in [0.5, 0.6) is 0 Å². The van der Waals surface area contributed by atoms with Crippen LogP contribution in [0.15, 0.2) is 24.4 Å². The minimum atomic E-state index is -0.882. The number of nitrogens with one attached hydrogen (secondary N) is 1. The van der Waals surface area contributed by atoms with E-state index >= 15 is 0 Å². The summed E-state index contributed by atoms with van der Waals surface area (Å²) in [5, 5.41) is 24.2. The molecule has 270 valence electrons. The van der Waals surface area contributed by atoms with Gasteiger partial charge in [-0.1, -0.05) is 24.3 Å². The summed E-state index contributed by atoms with van der Waals surface area (Å²) >= 11 is 0.742.